The number of aromatic nitrogens is 4. The molecule has 1 aromatic carbocycles. The van der Waals surface area contributed by atoms with Crippen LogP contribution in [0.4, 0.5) is 14.6 Å². The van der Waals surface area contributed by atoms with Gasteiger partial charge in [-0.25, -0.2) is 23.4 Å². The molecule has 0 unspecified atom stereocenters. The summed E-state index contributed by atoms with van der Waals surface area (Å²) in [7, 11) is 0. The number of nitrogens with zero attached hydrogens (tertiary/aromatic N) is 6. The predicted molar refractivity (Wildman–Crippen MR) is 93.0 cm³/mol. The Kier molecular flexibility index (Phi) is 4.57. The third-order valence-electron chi connectivity index (χ3n) is 4.40. The first-order valence-corrected chi connectivity index (χ1v) is 8.42. The zero-order valence-electron chi connectivity index (χ0n) is 14.1. The molecule has 1 fully saturated rings. The number of benzene rings is 1. The van der Waals surface area contributed by atoms with E-state index in [4.69, 9.17) is 0 Å². The molecule has 134 valence electrons. The molecule has 4 rings (SSSR count). The van der Waals surface area contributed by atoms with Crippen LogP contribution in [0, 0.1) is 11.6 Å². The van der Waals surface area contributed by atoms with Gasteiger partial charge in [-0.05, 0) is 23.8 Å². The van der Waals surface area contributed by atoms with Gasteiger partial charge in [-0.3, -0.25) is 4.90 Å². The van der Waals surface area contributed by atoms with Gasteiger partial charge in [0.2, 0.25) is 0 Å². The van der Waals surface area contributed by atoms with Gasteiger partial charge in [-0.15, -0.1) is 0 Å². The Morgan fingerprint density at radius 2 is 1.62 bits per heavy atom. The largest absolute Gasteiger partial charge is 0.354 e. The predicted octanol–water partition coefficient (Wildman–Crippen LogP) is 2.26. The molecular formula is C18H18F2N6. The van der Waals surface area contributed by atoms with Crippen molar-refractivity contribution < 1.29 is 8.78 Å². The molecule has 6 nitrogen and oxygen atoms in total. The van der Waals surface area contributed by atoms with Gasteiger partial charge >= 0.3 is 0 Å². The molecule has 0 amide bonds. The number of anilines is 1. The zero-order valence-corrected chi connectivity index (χ0v) is 14.1. The van der Waals surface area contributed by atoms with Crippen LogP contribution in [0.2, 0.25) is 0 Å². The summed E-state index contributed by atoms with van der Waals surface area (Å²) >= 11 is 0. The lowest BCUT2D eigenvalue weighted by molar-refractivity contribution is 0.248. The van der Waals surface area contributed by atoms with Crippen molar-refractivity contribution in [3.8, 4) is 5.82 Å². The third-order valence-corrected chi connectivity index (χ3v) is 4.40. The van der Waals surface area contributed by atoms with Gasteiger partial charge in [-0.1, -0.05) is 0 Å². The van der Waals surface area contributed by atoms with Gasteiger partial charge < -0.3 is 4.90 Å². The molecule has 0 atom stereocenters. The van der Waals surface area contributed by atoms with Crippen LogP contribution in [0.5, 0.6) is 0 Å². The van der Waals surface area contributed by atoms with Crippen molar-refractivity contribution in [2.45, 2.75) is 6.54 Å². The van der Waals surface area contributed by atoms with Crippen molar-refractivity contribution in [1.82, 2.24) is 24.6 Å². The summed E-state index contributed by atoms with van der Waals surface area (Å²) < 4.78 is 28.4. The smallest absolute Gasteiger partial charge is 0.158 e. The first-order valence-electron chi connectivity index (χ1n) is 8.42. The lowest BCUT2D eigenvalue weighted by Gasteiger charge is -2.35. The second-order valence-corrected chi connectivity index (χ2v) is 6.23. The maximum atomic E-state index is 13.3. The summed E-state index contributed by atoms with van der Waals surface area (Å²) in [5.41, 5.74) is 0.652. The van der Waals surface area contributed by atoms with Gasteiger partial charge in [0.05, 0.1) is 0 Å². The summed E-state index contributed by atoms with van der Waals surface area (Å²) in [4.78, 5) is 13.0. The molecule has 0 spiro atoms. The molecule has 1 aliphatic heterocycles. The molecule has 26 heavy (non-hydrogen) atoms. The van der Waals surface area contributed by atoms with Crippen LogP contribution in [0.25, 0.3) is 5.82 Å². The second kappa shape index (κ2) is 7.17. The molecule has 3 heterocycles. The zero-order chi connectivity index (χ0) is 17.9. The normalized spacial score (nSPS) is 15.4. The van der Waals surface area contributed by atoms with E-state index in [0.717, 1.165) is 43.9 Å². The van der Waals surface area contributed by atoms with E-state index in [-0.39, 0.29) is 0 Å². The van der Waals surface area contributed by atoms with Crippen LogP contribution in [0.3, 0.4) is 0 Å². The van der Waals surface area contributed by atoms with E-state index in [1.54, 1.807) is 10.9 Å². The Balaban J connectivity index is 1.40. The average molecular weight is 356 g/mol. The molecule has 3 aromatic rings. The summed E-state index contributed by atoms with van der Waals surface area (Å²) in [6, 6.07) is 7.42. The highest BCUT2D eigenvalue weighted by Gasteiger charge is 2.19. The molecule has 8 heteroatoms. The topological polar surface area (TPSA) is 50.1 Å². The molecule has 1 aliphatic rings. The first kappa shape index (κ1) is 16.6. The van der Waals surface area contributed by atoms with Crippen molar-refractivity contribution in [3.05, 3.63) is 66.3 Å². The molecule has 1 saturated heterocycles. The number of hydrogen-bond acceptors (Lipinski definition) is 5. The lowest BCUT2D eigenvalue weighted by atomic mass is 10.2. The molecule has 0 saturated carbocycles. The molecule has 0 bridgehead atoms. The van der Waals surface area contributed by atoms with Crippen molar-refractivity contribution in [2.75, 3.05) is 31.1 Å². The highest BCUT2D eigenvalue weighted by molar-refractivity contribution is 5.43. The number of halogens is 2. The maximum Gasteiger partial charge on any atom is 0.158 e. The van der Waals surface area contributed by atoms with Crippen LogP contribution in [-0.2, 0) is 6.54 Å². The van der Waals surface area contributed by atoms with Crippen LogP contribution in [0.1, 0.15) is 5.56 Å². The lowest BCUT2D eigenvalue weighted by Crippen LogP contribution is -2.46. The van der Waals surface area contributed by atoms with E-state index in [1.165, 1.54) is 18.5 Å². The fraction of sp³-hybridized carbons (Fsp3) is 0.278. The third kappa shape index (κ3) is 3.70. The Hall–Kier alpha value is -2.87. The van der Waals surface area contributed by atoms with Crippen molar-refractivity contribution >= 4 is 5.82 Å². The van der Waals surface area contributed by atoms with Gasteiger partial charge in [0.25, 0.3) is 0 Å². The van der Waals surface area contributed by atoms with Crippen molar-refractivity contribution in [2.24, 2.45) is 0 Å². The van der Waals surface area contributed by atoms with E-state index in [0.29, 0.717) is 12.1 Å². The Labute approximate surface area is 149 Å². The molecule has 0 radical (unpaired) electrons. The van der Waals surface area contributed by atoms with E-state index < -0.39 is 11.6 Å². The number of hydrogen-bond donors (Lipinski definition) is 0. The summed E-state index contributed by atoms with van der Waals surface area (Å²) in [5.74, 6) is 0.496. The van der Waals surface area contributed by atoms with E-state index >= 15 is 0 Å². The summed E-state index contributed by atoms with van der Waals surface area (Å²) in [6.45, 7) is 3.68. The number of piperazine rings is 1. The minimum absolute atomic E-state index is 0.533. The number of rotatable bonds is 4. The monoisotopic (exact) mass is 356 g/mol. The molecule has 0 aliphatic carbocycles. The fourth-order valence-electron chi connectivity index (χ4n) is 3.14. The average Bonchev–Trinajstić information content (AvgIpc) is 3.16. The molecule has 2 aromatic heterocycles. The highest BCUT2D eigenvalue weighted by atomic mass is 19.1. The Morgan fingerprint density at radius 1 is 0.885 bits per heavy atom. The van der Waals surface area contributed by atoms with Gasteiger partial charge in [0.15, 0.2) is 5.82 Å². The quantitative estimate of drug-likeness (QED) is 0.718. The van der Waals surface area contributed by atoms with Gasteiger partial charge in [0, 0.05) is 57.3 Å². The van der Waals surface area contributed by atoms with Crippen molar-refractivity contribution in [1.29, 1.82) is 0 Å². The van der Waals surface area contributed by atoms with E-state index in [9.17, 15) is 8.78 Å². The standard InChI is InChI=1S/C18H18F2N6/c19-15-8-14(9-16(20)10-15)12-24-4-6-25(7-5-24)17-11-18(22-13-21-17)26-3-1-2-23-26/h1-3,8-11,13H,4-7,12H2. The van der Waals surface area contributed by atoms with Crippen molar-refractivity contribution in [3.63, 3.8) is 0 Å². The van der Waals surface area contributed by atoms with E-state index in [2.05, 4.69) is 24.9 Å². The Morgan fingerprint density at radius 3 is 2.31 bits per heavy atom. The molecule has 0 N–H and O–H groups in total. The summed E-state index contributed by atoms with van der Waals surface area (Å²) in [6.07, 6.45) is 5.08. The second-order valence-electron chi connectivity index (χ2n) is 6.23. The fourth-order valence-corrected chi connectivity index (χ4v) is 3.14. The van der Waals surface area contributed by atoms with Crippen LogP contribution < -0.4 is 4.90 Å². The summed E-state index contributed by atoms with van der Waals surface area (Å²) in [5, 5.41) is 4.18. The van der Waals surface area contributed by atoms with E-state index in [1.807, 2.05) is 18.3 Å². The first-order chi connectivity index (χ1) is 12.7. The highest BCUT2D eigenvalue weighted by Crippen LogP contribution is 2.17. The Bertz CT molecular complexity index is 855. The SMILES string of the molecule is Fc1cc(F)cc(CN2CCN(c3cc(-n4cccn4)ncn3)CC2)c1. The maximum absolute atomic E-state index is 13.3. The van der Waals surface area contributed by atoms with Crippen LogP contribution in [-0.4, -0.2) is 50.8 Å². The van der Waals surface area contributed by atoms with Gasteiger partial charge in [0.1, 0.15) is 23.8 Å². The van der Waals surface area contributed by atoms with Gasteiger partial charge in [-0.2, -0.15) is 5.10 Å². The minimum Gasteiger partial charge on any atom is -0.354 e. The molecular weight excluding hydrogens is 338 g/mol. The van der Waals surface area contributed by atoms with Crippen LogP contribution in [0.15, 0.2) is 49.1 Å². The van der Waals surface area contributed by atoms with Crippen LogP contribution >= 0.6 is 0 Å². The minimum atomic E-state index is -0.536.